The highest BCUT2D eigenvalue weighted by Crippen LogP contribution is 2.40. The number of carboxylic acids is 1. The lowest BCUT2D eigenvalue weighted by Gasteiger charge is -2.51. The Balaban J connectivity index is 1.32. The third-order valence-corrected chi connectivity index (χ3v) is 16.3. The third kappa shape index (κ3) is 17.9. The molecule has 6 saturated heterocycles. The highest BCUT2D eigenvalue weighted by molar-refractivity contribution is 5.77. The molecule has 0 spiro atoms. The number of aliphatic carboxylic acids is 1. The SMILES string of the molecule is CC(=O)N[C@H]1[C@H](O[C@H]2[C@@H](O)[C@@H](CO[C@@H]3O[C@H](CO)[C@@H](O)[C@H](O[C@@H]4O[C@H](CO)[C@H](O)[C@H](O)[C@H]4O)[C@H]3NC(C)=O)O[C@@H](O[C@@H]([C@H](O)[C@@H](O)CO)[C@H](O)CO)[C@@H]2O)O[C@H](CO)[C@@H](O[C@@H]2O[C@H](CO)[C@H](O)[C@H](O[C@]3(C(=O)O)C[C@H](O)[C@@H](NC(C)=O)[C@H]([C@H](O)[C@H](O)CO)O3)[C@H]2O)[C@@H]1O. The van der Waals surface area contributed by atoms with E-state index in [1.165, 1.54) is 0 Å². The summed E-state index contributed by atoms with van der Waals surface area (Å²) in [5, 5.41) is 255. The summed E-state index contributed by atoms with van der Waals surface area (Å²) in [4.78, 5) is 50.9. The number of carbonyl (C=O) groups excluding carboxylic acids is 3. The van der Waals surface area contributed by atoms with E-state index >= 15 is 0 Å². The van der Waals surface area contributed by atoms with Gasteiger partial charge in [0.2, 0.25) is 17.7 Å². The minimum absolute atomic E-state index is 0.857. The first kappa shape index (κ1) is 78.5. The van der Waals surface area contributed by atoms with E-state index in [-0.39, 0.29) is 0 Å². The molecule has 6 aliphatic heterocycles. The maximum absolute atomic E-state index is 13.1. The molecule has 0 saturated carbocycles. The molecule has 6 fully saturated rings. The van der Waals surface area contributed by atoms with Crippen LogP contribution in [0, 0.1) is 0 Å². The zero-order chi connectivity index (χ0) is 69.4. The van der Waals surface area contributed by atoms with Crippen molar-refractivity contribution in [1.82, 2.24) is 16.0 Å². The zero-order valence-corrected chi connectivity index (χ0v) is 49.8. The number of ether oxygens (including phenoxy) is 12. The number of carboxylic acid groups (broad SMARTS) is 1. The molecule has 6 rings (SSSR count). The molecule has 42 heteroatoms. The Hall–Kier alpha value is -3.48. The van der Waals surface area contributed by atoms with Gasteiger partial charge in [0.25, 0.3) is 5.79 Å². The van der Waals surface area contributed by atoms with E-state index in [0.717, 1.165) is 20.8 Å². The lowest BCUT2D eigenvalue weighted by atomic mass is 9.88. The molecule has 0 aromatic rings. The van der Waals surface area contributed by atoms with Crippen LogP contribution in [0.4, 0.5) is 0 Å². The van der Waals surface area contributed by atoms with Crippen molar-refractivity contribution < 1.29 is 193 Å². The van der Waals surface area contributed by atoms with Gasteiger partial charge in [-0.1, -0.05) is 0 Å². The largest absolute Gasteiger partial charge is 0.477 e. The fourth-order valence-corrected chi connectivity index (χ4v) is 11.4. The van der Waals surface area contributed by atoms with Crippen LogP contribution in [-0.4, -0.2) is 408 Å². The van der Waals surface area contributed by atoms with Gasteiger partial charge in [0.15, 0.2) is 31.5 Å². The second kappa shape index (κ2) is 34.3. The molecule has 42 nitrogen and oxygen atoms in total. The van der Waals surface area contributed by atoms with Crippen molar-refractivity contribution in [3.8, 4) is 0 Å². The summed E-state index contributed by atoms with van der Waals surface area (Å²) in [5.41, 5.74) is 0. The number of amides is 3. The number of aliphatic hydroxyl groups excluding tert-OH is 22. The summed E-state index contributed by atoms with van der Waals surface area (Å²) < 4.78 is 69.4. The average molecular weight is 1370 g/mol. The summed E-state index contributed by atoms with van der Waals surface area (Å²) >= 11 is 0. The van der Waals surface area contributed by atoms with Crippen LogP contribution in [0.3, 0.4) is 0 Å². The second-order valence-electron chi connectivity index (χ2n) is 23.0. The van der Waals surface area contributed by atoms with Gasteiger partial charge in [-0.25, -0.2) is 4.79 Å². The van der Waals surface area contributed by atoms with Gasteiger partial charge in [-0.05, 0) is 0 Å². The molecule has 6 heterocycles. The minimum atomic E-state index is -3.26. The van der Waals surface area contributed by atoms with E-state index in [4.69, 9.17) is 56.8 Å². The lowest BCUT2D eigenvalue weighted by molar-refractivity contribution is -0.389. The summed E-state index contributed by atoms with van der Waals surface area (Å²) in [6.07, 6.45) is -67.3. The molecule has 3 amide bonds. The van der Waals surface area contributed by atoms with Crippen molar-refractivity contribution in [1.29, 1.82) is 0 Å². The van der Waals surface area contributed by atoms with Crippen LogP contribution in [0.5, 0.6) is 0 Å². The Morgan fingerprint density at radius 2 is 0.914 bits per heavy atom. The maximum atomic E-state index is 13.1. The first-order valence-corrected chi connectivity index (χ1v) is 29.2. The van der Waals surface area contributed by atoms with E-state index in [0.29, 0.717) is 0 Å². The van der Waals surface area contributed by atoms with Gasteiger partial charge in [0, 0.05) is 27.2 Å². The van der Waals surface area contributed by atoms with Crippen LogP contribution in [0.1, 0.15) is 27.2 Å². The monoisotopic (exact) mass is 1370 g/mol. The molecule has 540 valence electrons. The first-order chi connectivity index (χ1) is 43.8. The average Bonchev–Trinajstić information content (AvgIpc) is 0.767. The van der Waals surface area contributed by atoms with Crippen LogP contribution < -0.4 is 16.0 Å². The van der Waals surface area contributed by atoms with Gasteiger partial charge in [-0.15, -0.1) is 0 Å². The molecule has 0 aromatic carbocycles. The van der Waals surface area contributed by atoms with Crippen LogP contribution >= 0.6 is 0 Å². The second-order valence-corrected chi connectivity index (χ2v) is 23.0. The van der Waals surface area contributed by atoms with Gasteiger partial charge >= 0.3 is 5.97 Å². The normalized spacial score (nSPS) is 43.6. The van der Waals surface area contributed by atoms with E-state index < -0.39 is 297 Å². The molecule has 0 aliphatic carbocycles. The summed E-state index contributed by atoms with van der Waals surface area (Å²) in [6.45, 7) is -6.25. The Kier molecular flexibility index (Phi) is 29.0. The van der Waals surface area contributed by atoms with Gasteiger partial charge in [0.05, 0.1) is 65.0 Å². The summed E-state index contributed by atoms with van der Waals surface area (Å²) in [6, 6.07) is -5.51. The predicted molar refractivity (Wildman–Crippen MR) is 286 cm³/mol. The van der Waals surface area contributed by atoms with E-state index in [1.807, 2.05) is 0 Å². The van der Waals surface area contributed by atoms with Gasteiger partial charge in [0.1, 0.15) is 165 Å². The smallest absolute Gasteiger partial charge is 0.364 e. The highest BCUT2D eigenvalue weighted by Gasteiger charge is 2.62. The number of hydrogen-bond donors (Lipinski definition) is 26. The molecule has 26 N–H and O–H groups in total. The number of aliphatic hydroxyl groups is 22. The standard InChI is InChI=1S/C51H87N3O39/c1-13(62)52-25-16(65)4-51(50(80)81,92-42(25)29(70)18(67)6-56)93-44-32(73)22(10-60)85-49(38(44)79)89-40-23(11-61)86-46(26(34(40)75)53-14(2)63)91-43-33(74)24(87-48(37(43)78)88-39(19(68)7-57)28(69)17(66)5-55)12-82-45-27(54-15(3)64)41(31(72)21(9-59)83-45)90-47-36(77)35(76)30(71)20(8-58)84-47/h16-49,55-61,65-79H,4-12H2,1-3H3,(H,52,62)(H,53,63)(H,54,64)(H,80,81)/t16-,17-,18+,19+,20+,21+,22+,23+,24+,25+,26+,27+,28+,29+,30-,31+,32-,33-,34+,35-,36+,37+,38+,39+,40+,41+,42+,43-,44-,45+,46-,47-,48-,49-,51-/m0/s1. The molecule has 0 radical (unpaired) electrons. The summed E-state index contributed by atoms with van der Waals surface area (Å²) in [7, 11) is 0. The van der Waals surface area contributed by atoms with Crippen molar-refractivity contribution in [3.05, 3.63) is 0 Å². The predicted octanol–water partition coefficient (Wildman–Crippen LogP) is -17.0. The Morgan fingerprint density at radius 1 is 0.462 bits per heavy atom. The molecular weight excluding hydrogens is 1280 g/mol. The van der Waals surface area contributed by atoms with Crippen LogP contribution in [0.15, 0.2) is 0 Å². The van der Waals surface area contributed by atoms with Gasteiger partial charge in [-0.2, -0.15) is 0 Å². The van der Waals surface area contributed by atoms with Crippen molar-refractivity contribution in [2.45, 2.75) is 241 Å². The molecule has 0 aromatic heterocycles. The number of rotatable bonds is 29. The summed E-state index contributed by atoms with van der Waals surface area (Å²) in [5.74, 6) is -8.13. The Bertz CT molecular complexity index is 2360. The maximum Gasteiger partial charge on any atom is 0.364 e. The lowest BCUT2D eigenvalue weighted by Crippen LogP contribution is -2.71. The molecule has 0 bridgehead atoms. The van der Waals surface area contributed by atoms with E-state index in [1.54, 1.807) is 0 Å². The number of carbonyl (C=O) groups is 4. The Morgan fingerprint density at radius 3 is 1.45 bits per heavy atom. The van der Waals surface area contributed by atoms with E-state index in [2.05, 4.69) is 16.0 Å². The zero-order valence-electron chi connectivity index (χ0n) is 49.8. The van der Waals surface area contributed by atoms with Crippen molar-refractivity contribution in [2.24, 2.45) is 0 Å². The van der Waals surface area contributed by atoms with Crippen molar-refractivity contribution in [3.63, 3.8) is 0 Å². The molecule has 6 aliphatic rings. The number of nitrogens with one attached hydrogen (secondary N) is 3. The van der Waals surface area contributed by atoms with Crippen molar-refractivity contribution >= 4 is 23.7 Å². The minimum Gasteiger partial charge on any atom is -0.477 e. The molecule has 35 atom stereocenters. The fraction of sp³-hybridized carbons (Fsp3) is 0.922. The van der Waals surface area contributed by atoms with Crippen molar-refractivity contribution in [2.75, 3.05) is 52.9 Å². The quantitative estimate of drug-likeness (QED) is 0.0331. The first-order valence-electron chi connectivity index (χ1n) is 29.2. The highest BCUT2D eigenvalue weighted by atomic mass is 16.8. The van der Waals surface area contributed by atoms with Gasteiger partial charge < -0.3 is 190 Å². The topological polar surface area (TPSA) is 680 Å². The van der Waals surface area contributed by atoms with Gasteiger partial charge in [-0.3, -0.25) is 14.4 Å². The molecular formula is C51H87N3O39. The van der Waals surface area contributed by atoms with Crippen LogP contribution in [0.2, 0.25) is 0 Å². The molecule has 93 heavy (non-hydrogen) atoms. The fourth-order valence-electron chi connectivity index (χ4n) is 11.4. The Labute approximate surface area is 526 Å². The number of hydrogen-bond acceptors (Lipinski definition) is 38. The van der Waals surface area contributed by atoms with Crippen LogP contribution in [-0.2, 0) is 76.0 Å². The van der Waals surface area contributed by atoms with E-state index in [9.17, 15) is 137 Å². The third-order valence-electron chi connectivity index (χ3n) is 16.3. The molecule has 0 unspecified atom stereocenters. The van der Waals surface area contributed by atoms with Crippen LogP contribution in [0.25, 0.3) is 0 Å².